The van der Waals surface area contributed by atoms with E-state index in [-0.39, 0.29) is 5.91 Å². The van der Waals surface area contributed by atoms with Gasteiger partial charge in [-0.2, -0.15) is 0 Å². The van der Waals surface area contributed by atoms with E-state index in [0.29, 0.717) is 35.1 Å². The van der Waals surface area contributed by atoms with Gasteiger partial charge < -0.3 is 21.7 Å². The number of carbonyl (C=O) groups is 1. The van der Waals surface area contributed by atoms with Crippen molar-refractivity contribution in [3.63, 3.8) is 0 Å². The third-order valence-corrected chi connectivity index (χ3v) is 5.20. The summed E-state index contributed by atoms with van der Waals surface area (Å²) in [5.41, 5.74) is 8.77. The summed E-state index contributed by atoms with van der Waals surface area (Å²) in [5.74, 6) is -0.149. The molecule has 130 valence electrons. The van der Waals surface area contributed by atoms with Crippen molar-refractivity contribution in [2.45, 2.75) is 43.8 Å². The molecule has 0 saturated carbocycles. The maximum Gasteiger partial charge on any atom is 0.255 e. The smallest absolute Gasteiger partial charge is 0.255 e. The fourth-order valence-corrected chi connectivity index (χ4v) is 3.93. The second-order valence-electron chi connectivity index (χ2n) is 7.07. The Kier molecular flexibility index (Phi) is 4.32. The summed E-state index contributed by atoms with van der Waals surface area (Å²) in [6, 6.07) is 16.8. The van der Waals surface area contributed by atoms with Gasteiger partial charge in [-0.15, -0.1) is 0 Å². The van der Waals surface area contributed by atoms with E-state index in [4.69, 9.17) is 5.73 Å². The highest BCUT2D eigenvalue weighted by Gasteiger charge is 2.33. The number of nitrogen functional groups attached to an aromatic ring is 1. The molecule has 5 N–H and O–H groups in total. The van der Waals surface area contributed by atoms with Gasteiger partial charge in [0.25, 0.3) is 5.91 Å². The van der Waals surface area contributed by atoms with E-state index in [1.165, 1.54) is 25.7 Å². The van der Waals surface area contributed by atoms with Gasteiger partial charge in [-0.25, -0.2) is 0 Å². The number of para-hydroxylation sites is 2. The molecule has 25 heavy (non-hydrogen) atoms. The third-order valence-electron chi connectivity index (χ3n) is 5.20. The number of nitrogens with one attached hydrogen (secondary N) is 3. The lowest BCUT2D eigenvalue weighted by Crippen LogP contribution is -2.43. The zero-order chi connectivity index (χ0) is 17.2. The molecule has 2 atom stereocenters. The number of carbonyl (C=O) groups excluding carboxylic acids is 1. The monoisotopic (exact) mass is 336 g/mol. The SMILES string of the molecule is Nc1ccccc1NC(=O)c1ccc(NC2CC3CCC(C2)N3)cc1. The van der Waals surface area contributed by atoms with Crippen LogP contribution in [0.3, 0.4) is 0 Å². The van der Waals surface area contributed by atoms with E-state index in [9.17, 15) is 4.79 Å². The van der Waals surface area contributed by atoms with E-state index in [1.54, 1.807) is 12.1 Å². The summed E-state index contributed by atoms with van der Waals surface area (Å²) in [6.07, 6.45) is 4.94. The van der Waals surface area contributed by atoms with Crippen LogP contribution in [0.1, 0.15) is 36.0 Å². The largest absolute Gasteiger partial charge is 0.397 e. The van der Waals surface area contributed by atoms with E-state index in [2.05, 4.69) is 16.0 Å². The molecule has 2 fully saturated rings. The molecule has 4 rings (SSSR count). The molecule has 2 aliphatic rings. The van der Waals surface area contributed by atoms with Crippen LogP contribution in [0.25, 0.3) is 0 Å². The molecule has 0 aromatic heterocycles. The second-order valence-corrected chi connectivity index (χ2v) is 7.07. The van der Waals surface area contributed by atoms with E-state index < -0.39 is 0 Å². The number of rotatable bonds is 4. The van der Waals surface area contributed by atoms with Crippen LogP contribution in [0.4, 0.5) is 17.1 Å². The number of benzene rings is 2. The Morgan fingerprint density at radius 2 is 1.68 bits per heavy atom. The van der Waals surface area contributed by atoms with Crippen LogP contribution in [0.15, 0.2) is 48.5 Å². The van der Waals surface area contributed by atoms with Crippen molar-refractivity contribution in [3.05, 3.63) is 54.1 Å². The first-order valence-corrected chi connectivity index (χ1v) is 8.96. The lowest BCUT2D eigenvalue weighted by molar-refractivity contribution is 0.102. The summed E-state index contributed by atoms with van der Waals surface area (Å²) in [7, 11) is 0. The minimum atomic E-state index is -0.149. The van der Waals surface area contributed by atoms with Crippen LogP contribution in [0.2, 0.25) is 0 Å². The lowest BCUT2D eigenvalue weighted by atomic mass is 9.99. The Hall–Kier alpha value is -2.53. The van der Waals surface area contributed by atoms with Crippen molar-refractivity contribution >= 4 is 23.0 Å². The van der Waals surface area contributed by atoms with Crippen molar-refractivity contribution in [2.75, 3.05) is 16.4 Å². The molecular weight excluding hydrogens is 312 g/mol. The molecule has 2 aromatic rings. The standard InChI is InChI=1S/C20H24N4O/c21-18-3-1-2-4-19(18)24-20(25)13-5-7-14(8-6-13)22-17-11-15-9-10-16(12-17)23-15/h1-8,15-17,22-23H,9-12,21H2,(H,24,25). The van der Waals surface area contributed by atoms with Gasteiger partial charge >= 0.3 is 0 Å². The molecular formula is C20H24N4O. The van der Waals surface area contributed by atoms with Gasteiger partial charge in [0, 0.05) is 29.4 Å². The predicted octanol–water partition coefficient (Wildman–Crippen LogP) is 3.22. The average molecular weight is 336 g/mol. The number of nitrogens with two attached hydrogens (primary N) is 1. The minimum Gasteiger partial charge on any atom is -0.397 e. The van der Waals surface area contributed by atoms with Crippen LogP contribution in [-0.2, 0) is 0 Å². The van der Waals surface area contributed by atoms with Crippen LogP contribution >= 0.6 is 0 Å². The zero-order valence-electron chi connectivity index (χ0n) is 14.2. The summed E-state index contributed by atoms with van der Waals surface area (Å²) in [4.78, 5) is 12.4. The topological polar surface area (TPSA) is 79.2 Å². The highest BCUT2D eigenvalue weighted by Crippen LogP contribution is 2.29. The number of anilines is 3. The average Bonchev–Trinajstić information content (AvgIpc) is 2.96. The molecule has 2 aromatic carbocycles. The normalized spacial score (nSPS) is 24.7. The molecule has 5 heteroatoms. The predicted molar refractivity (Wildman–Crippen MR) is 102 cm³/mol. The zero-order valence-corrected chi connectivity index (χ0v) is 14.2. The van der Waals surface area contributed by atoms with Gasteiger partial charge in [0.05, 0.1) is 11.4 Å². The Morgan fingerprint density at radius 3 is 2.36 bits per heavy atom. The minimum absolute atomic E-state index is 0.149. The van der Waals surface area contributed by atoms with Gasteiger partial charge in [0.2, 0.25) is 0 Å². The summed E-state index contributed by atoms with van der Waals surface area (Å²) in [6.45, 7) is 0. The first-order chi connectivity index (χ1) is 12.2. The Morgan fingerprint density at radius 1 is 1.00 bits per heavy atom. The van der Waals surface area contributed by atoms with Crippen molar-refractivity contribution in [3.8, 4) is 0 Å². The lowest BCUT2D eigenvalue weighted by Gasteiger charge is -2.30. The van der Waals surface area contributed by atoms with Crippen molar-refractivity contribution in [1.82, 2.24) is 5.32 Å². The van der Waals surface area contributed by atoms with Crippen LogP contribution in [-0.4, -0.2) is 24.0 Å². The van der Waals surface area contributed by atoms with Gasteiger partial charge in [0.15, 0.2) is 0 Å². The Balaban J connectivity index is 1.38. The molecule has 0 radical (unpaired) electrons. The maximum absolute atomic E-state index is 12.4. The summed E-state index contributed by atoms with van der Waals surface area (Å²) >= 11 is 0. The van der Waals surface area contributed by atoms with Crippen molar-refractivity contribution in [1.29, 1.82) is 0 Å². The second kappa shape index (κ2) is 6.76. The third kappa shape index (κ3) is 3.61. The maximum atomic E-state index is 12.4. The number of hydrogen-bond acceptors (Lipinski definition) is 4. The fourth-order valence-electron chi connectivity index (χ4n) is 3.93. The molecule has 2 unspecified atom stereocenters. The van der Waals surface area contributed by atoms with Gasteiger partial charge in [-0.3, -0.25) is 4.79 Å². The number of piperidine rings is 1. The first-order valence-electron chi connectivity index (χ1n) is 8.96. The van der Waals surface area contributed by atoms with E-state index in [1.807, 2.05) is 36.4 Å². The summed E-state index contributed by atoms with van der Waals surface area (Å²) < 4.78 is 0. The highest BCUT2D eigenvalue weighted by atomic mass is 16.1. The molecule has 2 bridgehead atoms. The molecule has 0 aliphatic carbocycles. The molecule has 2 saturated heterocycles. The molecule has 2 heterocycles. The van der Waals surface area contributed by atoms with Crippen LogP contribution < -0.4 is 21.7 Å². The van der Waals surface area contributed by atoms with Crippen LogP contribution in [0.5, 0.6) is 0 Å². The number of fused-ring (bicyclic) bond motifs is 2. The van der Waals surface area contributed by atoms with Gasteiger partial charge in [-0.1, -0.05) is 12.1 Å². The Labute approximate surface area is 148 Å². The number of hydrogen-bond donors (Lipinski definition) is 4. The first kappa shape index (κ1) is 16.0. The van der Waals surface area contributed by atoms with Crippen molar-refractivity contribution in [2.24, 2.45) is 0 Å². The highest BCUT2D eigenvalue weighted by molar-refractivity contribution is 6.05. The summed E-state index contributed by atoms with van der Waals surface area (Å²) in [5, 5.41) is 10.1. The quantitative estimate of drug-likeness (QED) is 0.647. The van der Waals surface area contributed by atoms with Gasteiger partial charge in [-0.05, 0) is 62.1 Å². The van der Waals surface area contributed by atoms with E-state index >= 15 is 0 Å². The molecule has 5 nitrogen and oxygen atoms in total. The number of amides is 1. The molecule has 1 amide bonds. The molecule has 2 aliphatic heterocycles. The fraction of sp³-hybridized carbons (Fsp3) is 0.350. The molecule has 0 spiro atoms. The Bertz CT molecular complexity index is 747. The van der Waals surface area contributed by atoms with E-state index in [0.717, 1.165) is 5.69 Å². The van der Waals surface area contributed by atoms with Crippen LogP contribution in [0, 0.1) is 0 Å². The van der Waals surface area contributed by atoms with Gasteiger partial charge in [0.1, 0.15) is 0 Å². The van der Waals surface area contributed by atoms with Crippen molar-refractivity contribution < 1.29 is 4.79 Å².